The van der Waals surface area contributed by atoms with Gasteiger partial charge in [0.2, 0.25) is 5.78 Å². The summed E-state index contributed by atoms with van der Waals surface area (Å²) in [5.74, 6) is -0.339. The summed E-state index contributed by atoms with van der Waals surface area (Å²) in [5, 5.41) is 0.816. The number of aromatic nitrogens is 2. The van der Waals surface area contributed by atoms with E-state index in [1.807, 2.05) is 60.9 Å². The second kappa shape index (κ2) is 9.97. The van der Waals surface area contributed by atoms with Crippen molar-refractivity contribution in [1.82, 2.24) is 9.55 Å². The van der Waals surface area contributed by atoms with Crippen LogP contribution < -0.4 is 15.0 Å². The number of hydrogen-bond acceptors (Lipinski definition) is 6. The molecule has 0 saturated heterocycles. The monoisotopic (exact) mass is 500 g/mol. The van der Waals surface area contributed by atoms with Gasteiger partial charge >= 0.3 is 5.97 Å². The molecule has 1 aliphatic rings. The molecule has 3 heterocycles. The van der Waals surface area contributed by atoms with Gasteiger partial charge in [-0.3, -0.25) is 14.4 Å². The minimum Gasteiger partial charge on any atom is -0.486 e. The Labute approximate surface area is 213 Å². The molecule has 0 bridgehead atoms. The highest BCUT2D eigenvalue weighted by Gasteiger charge is 2.25. The zero-order valence-electron chi connectivity index (χ0n) is 20.9. The van der Waals surface area contributed by atoms with Crippen molar-refractivity contribution >= 4 is 22.7 Å². The Kier molecular flexibility index (Phi) is 6.56. The van der Waals surface area contributed by atoms with Gasteiger partial charge in [-0.25, -0.2) is 0 Å². The fourth-order valence-corrected chi connectivity index (χ4v) is 4.67. The van der Waals surface area contributed by atoms with E-state index in [1.165, 1.54) is 0 Å². The first-order valence-corrected chi connectivity index (χ1v) is 12.2. The minimum atomic E-state index is -0.820. The highest BCUT2D eigenvalue weighted by molar-refractivity contribution is 5.99. The molecule has 0 aliphatic carbocycles. The van der Waals surface area contributed by atoms with Crippen molar-refractivity contribution in [3.05, 3.63) is 93.5 Å². The van der Waals surface area contributed by atoms with Crippen LogP contribution in [0.1, 0.15) is 40.2 Å². The van der Waals surface area contributed by atoms with Crippen LogP contribution in [0.2, 0.25) is 0 Å². The van der Waals surface area contributed by atoms with Gasteiger partial charge in [0.05, 0.1) is 12.5 Å². The van der Waals surface area contributed by atoms with Gasteiger partial charge in [-0.15, -0.1) is 0 Å². The number of rotatable bonds is 7. The molecular weight excluding hydrogens is 472 g/mol. The van der Waals surface area contributed by atoms with Gasteiger partial charge in [-0.1, -0.05) is 30.3 Å². The fourth-order valence-electron chi connectivity index (χ4n) is 4.67. The van der Waals surface area contributed by atoms with E-state index in [4.69, 9.17) is 14.2 Å². The van der Waals surface area contributed by atoms with Crippen molar-refractivity contribution in [2.24, 2.45) is 0 Å². The van der Waals surface area contributed by atoms with Crippen LogP contribution in [-0.2, 0) is 16.1 Å². The van der Waals surface area contributed by atoms with E-state index in [9.17, 15) is 14.4 Å². The van der Waals surface area contributed by atoms with Crippen molar-refractivity contribution in [3.63, 3.8) is 0 Å². The smallest absolute Gasteiger partial charge is 0.313 e. The number of esters is 1. The Morgan fingerprint density at radius 3 is 2.62 bits per heavy atom. The Morgan fingerprint density at radius 2 is 1.81 bits per heavy atom. The van der Waals surface area contributed by atoms with Crippen molar-refractivity contribution < 1.29 is 23.8 Å². The summed E-state index contributed by atoms with van der Waals surface area (Å²) in [6, 6.07) is 18.3. The molecule has 5 rings (SSSR count). The van der Waals surface area contributed by atoms with Crippen molar-refractivity contribution in [2.45, 2.75) is 39.3 Å². The SMILES string of the molecule is Cc1cc(C(=O)COC(=O)C(C)c2cc3ccccc3[nH]c2=O)c(C)n1CC1COc2ccccc2O1. The summed E-state index contributed by atoms with van der Waals surface area (Å²) in [4.78, 5) is 41.0. The van der Waals surface area contributed by atoms with E-state index in [2.05, 4.69) is 4.98 Å². The number of H-pyrrole nitrogens is 1. The molecule has 4 aromatic rings. The zero-order chi connectivity index (χ0) is 26.1. The number of Topliss-reactive ketones (excluding diaryl/α,β-unsaturated/α-hetero) is 1. The van der Waals surface area contributed by atoms with Gasteiger partial charge in [-0.2, -0.15) is 0 Å². The molecule has 2 aromatic heterocycles. The topological polar surface area (TPSA) is 99.6 Å². The van der Waals surface area contributed by atoms with Crippen molar-refractivity contribution in [2.75, 3.05) is 13.2 Å². The summed E-state index contributed by atoms with van der Waals surface area (Å²) in [6.45, 7) is 5.89. The minimum absolute atomic E-state index is 0.207. The number of aromatic amines is 1. The number of nitrogens with one attached hydrogen (secondary N) is 1. The highest BCUT2D eigenvalue weighted by atomic mass is 16.6. The maximum Gasteiger partial charge on any atom is 0.313 e. The predicted molar refractivity (Wildman–Crippen MR) is 139 cm³/mol. The number of aryl methyl sites for hydroxylation is 1. The fraction of sp³-hybridized carbons (Fsp3) is 0.276. The van der Waals surface area contributed by atoms with Crippen molar-refractivity contribution in [1.29, 1.82) is 0 Å². The summed E-state index contributed by atoms with van der Waals surface area (Å²) in [6.07, 6.45) is -0.207. The van der Waals surface area contributed by atoms with E-state index >= 15 is 0 Å². The second-order valence-electron chi connectivity index (χ2n) is 9.29. The number of para-hydroxylation sites is 3. The first-order valence-electron chi connectivity index (χ1n) is 12.2. The molecule has 0 amide bonds. The molecule has 0 fully saturated rings. The highest BCUT2D eigenvalue weighted by Crippen LogP contribution is 2.31. The lowest BCUT2D eigenvalue weighted by Gasteiger charge is -2.27. The second-order valence-corrected chi connectivity index (χ2v) is 9.29. The summed E-state index contributed by atoms with van der Waals surface area (Å²) < 4.78 is 19.2. The molecule has 0 radical (unpaired) electrons. The summed E-state index contributed by atoms with van der Waals surface area (Å²) >= 11 is 0. The van der Waals surface area contributed by atoms with E-state index in [-0.39, 0.29) is 17.4 Å². The number of nitrogens with zero attached hydrogens (tertiary/aromatic N) is 1. The predicted octanol–water partition coefficient (Wildman–Crippen LogP) is 4.32. The van der Waals surface area contributed by atoms with Gasteiger partial charge in [0, 0.05) is 28.0 Å². The normalized spacial score (nSPS) is 15.4. The number of ketones is 1. The van der Waals surface area contributed by atoms with Crippen LogP contribution in [0.15, 0.2) is 65.5 Å². The third kappa shape index (κ3) is 4.87. The van der Waals surface area contributed by atoms with Gasteiger partial charge in [0.15, 0.2) is 24.2 Å². The summed E-state index contributed by atoms with van der Waals surface area (Å²) in [5.41, 5.74) is 2.78. The van der Waals surface area contributed by atoms with Gasteiger partial charge < -0.3 is 23.8 Å². The third-order valence-electron chi connectivity index (χ3n) is 6.78. The Balaban J connectivity index is 1.24. The molecule has 2 atom stereocenters. The number of pyridine rings is 1. The number of benzene rings is 2. The molecule has 2 aromatic carbocycles. The number of carbonyl (C=O) groups excluding carboxylic acids is 2. The van der Waals surface area contributed by atoms with E-state index in [0.717, 1.165) is 22.5 Å². The lowest BCUT2D eigenvalue weighted by atomic mass is 10.0. The van der Waals surface area contributed by atoms with Crippen molar-refractivity contribution in [3.8, 4) is 11.5 Å². The van der Waals surface area contributed by atoms with Crippen LogP contribution in [-0.4, -0.2) is 40.6 Å². The van der Waals surface area contributed by atoms with Crippen LogP contribution in [0.25, 0.3) is 10.9 Å². The molecule has 1 N–H and O–H groups in total. The summed E-state index contributed by atoms with van der Waals surface area (Å²) in [7, 11) is 0. The molecule has 0 saturated carbocycles. The molecule has 8 nitrogen and oxygen atoms in total. The number of hydrogen-bond donors (Lipinski definition) is 1. The lowest BCUT2D eigenvalue weighted by Crippen LogP contribution is -2.33. The van der Waals surface area contributed by atoms with Gasteiger partial charge in [0.1, 0.15) is 6.61 Å². The largest absolute Gasteiger partial charge is 0.486 e. The average Bonchev–Trinajstić information content (AvgIpc) is 3.19. The Bertz CT molecular complexity index is 1550. The molecule has 37 heavy (non-hydrogen) atoms. The van der Waals surface area contributed by atoms with Crippen LogP contribution in [0, 0.1) is 13.8 Å². The Morgan fingerprint density at radius 1 is 1.08 bits per heavy atom. The van der Waals surface area contributed by atoms with Crippen LogP contribution in [0.4, 0.5) is 0 Å². The third-order valence-corrected chi connectivity index (χ3v) is 6.78. The van der Waals surface area contributed by atoms with Gasteiger partial charge in [0.25, 0.3) is 5.56 Å². The van der Waals surface area contributed by atoms with Crippen LogP contribution in [0.5, 0.6) is 11.5 Å². The Hall–Kier alpha value is -4.33. The van der Waals surface area contributed by atoms with E-state index < -0.39 is 18.5 Å². The number of ether oxygens (including phenoxy) is 3. The molecular formula is C29H28N2O6. The quantitative estimate of drug-likeness (QED) is 0.300. The maximum atomic E-state index is 13.0. The number of fused-ring (bicyclic) bond motifs is 2. The van der Waals surface area contributed by atoms with Gasteiger partial charge in [-0.05, 0) is 56.5 Å². The zero-order valence-corrected chi connectivity index (χ0v) is 20.9. The van der Waals surface area contributed by atoms with Crippen LogP contribution >= 0.6 is 0 Å². The number of carbonyl (C=O) groups is 2. The molecule has 190 valence electrons. The van der Waals surface area contributed by atoms with Crippen LogP contribution in [0.3, 0.4) is 0 Å². The maximum absolute atomic E-state index is 13.0. The first-order chi connectivity index (χ1) is 17.8. The average molecular weight is 501 g/mol. The standard InChI is InChI=1S/C29H28N2O6/c1-17-12-23(19(3)31(17)14-21-15-35-26-10-6-7-11-27(26)37-21)25(32)16-36-29(34)18(2)22-13-20-8-4-5-9-24(20)30-28(22)33/h4-13,18,21H,14-16H2,1-3H3,(H,30,33). The first kappa shape index (κ1) is 24.4. The van der Waals surface area contributed by atoms with E-state index in [1.54, 1.807) is 25.1 Å². The van der Waals surface area contributed by atoms with E-state index in [0.29, 0.717) is 35.5 Å². The molecule has 1 aliphatic heterocycles. The lowest BCUT2D eigenvalue weighted by molar-refractivity contribution is -0.143. The molecule has 2 unspecified atom stereocenters. The molecule has 0 spiro atoms. The molecule has 8 heteroatoms.